The zero-order valence-corrected chi connectivity index (χ0v) is 22.7. The summed E-state index contributed by atoms with van der Waals surface area (Å²) in [5.41, 5.74) is 7.41. The van der Waals surface area contributed by atoms with Crippen molar-refractivity contribution in [2.45, 2.75) is 86.3 Å². The predicted molar refractivity (Wildman–Crippen MR) is 142 cm³/mol. The molecule has 1 aromatic rings. The van der Waals surface area contributed by atoms with Crippen LogP contribution >= 0.6 is 11.8 Å². The molecule has 0 saturated carbocycles. The van der Waals surface area contributed by atoms with E-state index >= 15 is 0 Å². The molecule has 1 aliphatic heterocycles. The van der Waals surface area contributed by atoms with Crippen molar-refractivity contribution in [3.05, 3.63) is 58.8 Å². The van der Waals surface area contributed by atoms with Gasteiger partial charge in [0, 0.05) is 41.7 Å². The molecule has 0 radical (unpaired) electrons. The maximum absolute atomic E-state index is 4.36. The molecular weight excluding hydrogens is 384 g/mol. The van der Waals surface area contributed by atoms with Crippen LogP contribution in [0.4, 0.5) is 0 Å². The number of hydrogen-bond acceptors (Lipinski definition) is 3. The lowest BCUT2D eigenvalue weighted by Crippen LogP contribution is -2.44. The van der Waals surface area contributed by atoms with Crippen LogP contribution in [-0.4, -0.2) is 30.3 Å². The van der Waals surface area contributed by atoms with Crippen LogP contribution in [0.15, 0.2) is 52.6 Å². The first-order valence-electron chi connectivity index (χ1n) is 11.6. The molecule has 172 valence electrons. The molecule has 3 heteroatoms. The number of aryl methyl sites for hydroxylation is 1. The Morgan fingerprint density at radius 1 is 1.03 bits per heavy atom. The third-order valence-electron chi connectivity index (χ3n) is 4.91. The quantitative estimate of drug-likeness (QED) is 0.455. The molecule has 30 heavy (non-hydrogen) atoms. The van der Waals surface area contributed by atoms with Crippen LogP contribution in [0.25, 0.3) is 5.70 Å². The van der Waals surface area contributed by atoms with Gasteiger partial charge >= 0.3 is 0 Å². The molecule has 1 aromatic carbocycles. The Morgan fingerprint density at radius 3 is 2.00 bits per heavy atom. The Balaban J connectivity index is 0. The van der Waals surface area contributed by atoms with Crippen molar-refractivity contribution < 1.29 is 0 Å². The van der Waals surface area contributed by atoms with Gasteiger partial charge in [0.1, 0.15) is 0 Å². The largest absolute Gasteiger partial charge is 0.348 e. The molecule has 2 rings (SSSR count). The monoisotopic (exact) mass is 432 g/mol. The summed E-state index contributed by atoms with van der Waals surface area (Å²) in [4.78, 5) is 3.55. The number of allylic oxidation sites excluding steroid dienone is 4. The van der Waals surface area contributed by atoms with Gasteiger partial charge in [-0.1, -0.05) is 59.8 Å². The van der Waals surface area contributed by atoms with Crippen molar-refractivity contribution in [1.29, 1.82) is 0 Å². The van der Waals surface area contributed by atoms with Gasteiger partial charge < -0.3 is 10.2 Å². The Bertz CT molecular complexity index is 682. The highest BCUT2D eigenvalue weighted by molar-refractivity contribution is 8.00. The SMILES string of the molecule is C=C(c1cc(C)cc(SC2CNC2)c1)N(C)/C(C)=C(C)\C(C)=C\C.CC.CC.CC. The first-order valence-corrected chi connectivity index (χ1v) is 12.4. The number of rotatable bonds is 6. The zero-order chi connectivity index (χ0) is 23.9. The smallest absolute Gasteiger partial charge is 0.0406 e. The minimum absolute atomic E-state index is 0.701. The van der Waals surface area contributed by atoms with E-state index in [1.165, 1.54) is 32.9 Å². The van der Waals surface area contributed by atoms with Crippen LogP contribution in [-0.2, 0) is 0 Å². The first-order chi connectivity index (χ1) is 14.3. The Morgan fingerprint density at radius 2 is 1.57 bits per heavy atom. The standard InChI is InChI=1S/C21H30N2S.3C2H6/c1-8-15(3)16(4)17(5)23(7)18(6)19-9-14(2)10-20(11-19)24-21-12-22-13-21;3*1-2/h8-11,21-22H,6,12-13H2,1-5,7H3;3*1-2H3/b15-8+,17-16-;;;. The fraction of sp³-hybridized carbons (Fsp3) is 0.556. The molecule has 0 spiro atoms. The number of hydrogen-bond donors (Lipinski definition) is 1. The topological polar surface area (TPSA) is 15.3 Å². The highest BCUT2D eigenvalue weighted by Crippen LogP contribution is 2.31. The molecule has 0 bridgehead atoms. The molecule has 1 aliphatic rings. The third kappa shape index (κ3) is 9.57. The zero-order valence-electron chi connectivity index (χ0n) is 21.9. The average molecular weight is 433 g/mol. The Kier molecular flexibility index (Phi) is 17.7. The van der Waals surface area contributed by atoms with Gasteiger partial charge in [0.15, 0.2) is 0 Å². The molecule has 1 heterocycles. The number of benzene rings is 1. The van der Waals surface area contributed by atoms with Crippen LogP contribution in [0.2, 0.25) is 0 Å². The van der Waals surface area contributed by atoms with E-state index in [0.717, 1.165) is 18.8 Å². The summed E-state index contributed by atoms with van der Waals surface area (Å²) in [6, 6.07) is 6.78. The van der Waals surface area contributed by atoms with Crippen LogP contribution in [0.3, 0.4) is 0 Å². The maximum Gasteiger partial charge on any atom is 0.0406 e. The van der Waals surface area contributed by atoms with E-state index in [1.54, 1.807) is 0 Å². The average Bonchev–Trinajstić information content (AvgIpc) is 2.77. The summed E-state index contributed by atoms with van der Waals surface area (Å²) in [7, 11) is 2.11. The molecule has 0 aliphatic carbocycles. The molecule has 0 atom stereocenters. The van der Waals surface area contributed by atoms with Crippen molar-refractivity contribution >= 4 is 17.5 Å². The van der Waals surface area contributed by atoms with E-state index in [9.17, 15) is 0 Å². The van der Waals surface area contributed by atoms with Gasteiger partial charge in [-0.2, -0.15) is 0 Å². The summed E-state index contributed by atoms with van der Waals surface area (Å²) < 4.78 is 0. The highest BCUT2D eigenvalue weighted by Gasteiger charge is 2.18. The lowest BCUT2D eigenvalue weighted by Gasteiger charge is -2.28. The van der Waals surface area contributed by atoms with Crippen molar-refractivity contribution in [2.24, 2.45) is 0 Å². The van der Waals surface area contributed by atoms with Gasteiger partial charge in [-0.3, -0.25) is 0 Å². The fourth-order valence-electron chi connectivity index (χ4n) is 2.67. The molecule has 1 saturated heterocycles. The van der Waals surface area contributed by atoms with Crippen LogP contribution in [0.1, 0.15) is 80.4 Å². The maximum atomic E-state index is 4.36. The third-order valence-corrected chi connectivity index (χ3v) is 6.08. The molecule has 1 fully saturated rings. The summed E-state index contributed by atoms with van der Waals surface area (Å²) >= 11 is 1.97. The summed E-state index contributed by atoms with van der Waals surface area (Å²) in [5, 5.41) is 4.04. The predicted octanol–water partition coefficient (Wildman–Crippen LogP) is 8.30. The Labute approximate surface area is 192 Å². The summed E-state index contributed by atoms with van der Waals surface area (Å²) in [5.74, 6) is 0. The fourth-order valence-corrected chi connectivity index (χ4v) is 3.91. The van der Waals surface area contributed by atoms with E-state index in [-0.39, 0.29) is 0 Å². The second kappa shape index (κ2) is 17.3. The van der Waals surface area contributed by atoms with Crippen LogP contribution < -0.4 is 5.32 Å². The van der Waals surface area contributed by atoms with E-state index in [4.69, 9.17) is 0 Å². The van der Waals surface area contributed by atoms with Gasteiger partial charge in [0.2, 0.25) is 0 Å². The normalized spacial score (nSPS) is 13.8. The van der Waals surface area contributed by atoms with Gasteiger partial charge in [0.25, 0.3) is 0 Å². The van der Waals surface area contributed by atoms with Crippen LogP contribution in [0, 0.1) is 6.92 Å². The van der Waals surface area contributed by atoms with Crippen molar-refractivity contribution in [3.63, 3.8) is 0 Å². The number of nitrogens with zero attached hydrogens (tertiary/aromatic N) is 1. The lowest BCUT2D eigenvalue weighted by atomic mass is 10.0. The van der Waals surface area contributed by atoms with E-state index in [1.807, 2.05) is 53.3 Å². The summed E-state index contributed by atoms with van der Waals surface area (Å²) in [6.07, 6.45) is 2.16. The van der Waals surface area contributed by atoms with Crippen molar-refractivity contribution in [1.82, 2.24) is 10.2 Å². The molecule has 0 aromatic heterocycles. The van der Waals surface area contributed by atoms with Gasteiger partial charge in [-0.15, -0.1) is 11.8 Å². The number of nitrogens with one attached hydrogen (secondary N) is 1. The highest BCUT2D eigenvalue weighted by atomic mass is 32.2. The van der Waals surface area contributed by atoms with Gasteiger partial charge in [-0.05, 0) is 69.5 Å². The molecule has 0 unspecified atom stereocenters. The molecule has 1 N–H and O–H groups in total. The van der Waals surface area contributed by atoms with Crippen molar-refractivity contribution in [2.75, 3.05) is 20.1 Å². The second-order valence-corrected chi connectivity index (χ2v) is 7.99. The van der Waals surface area contributed by atoms with Gasteiger partial charge in [-0.25, -0.2) is 0 Å². The van der Waals surface area contributed by atoms with E-state index < -0.39 is 0 Å². The molecular formula is C27H48N2S. The number of thioether (sulfide) groups is 1. The summed E-state index contributed by atoms with van der Waals surface area (Å²) in [6.45, 7) is 29.3. The lowest BCUT2D eigenvalue weighted by molar-refractivity contribution is 0.544. The Hall–Kier alpha value is -1.45. The first kappa shape index (κ1) is 30.7. The van der Waals surface area contributed by atoms with Crippen LogP contribution in [0.5, 0.6) is 0 Å². The van der Waals surface area contributed by atoms with E-state index in [2.05, 4.69) is 82.7 Å². The minimum atomic E-state index is 0.701. The minimum Gasteiger partial charge on any atom is -0.348 e. The molecule has 2 nitrogen and oxygen atoms in total. The second-order valence-electron chi connectivity index (χ2n) is 6.62. The molecule has 0 amide bonds. The van der Waals surface area contributed by atoms with E-state index in [0.29, 0.717) is 5.25 Å². The van der Waals surface area contributed by atoms with Crippen molar-refractivity contribution in [3.8, 4) is 0 Å². The van der Waals surface area contributed by atoms with Gasteiger partial charge in [0.05, 0.1) is 0 Å².